The van der Waals surface area contributed by atoms with Crippen LogP contribution in [-0.4, -0.2) is 13.7 Å². The highest BCUT2D eigenvalue weighted by Crippen LogP contribution is 2.52. The molecule has 1 aliphatic carbocycles. The second kappa shape index (κ2) is 18.0. The van der Waals surface area contributed by atoms with Gasteiger partial charge in [0.1, 0.15) is 5.58 Å². The van der Waals surface area contributed by atoms with Crippen LogP contribution in [0.5, 0.6) is 0 Å². The van der Waals surface area contributed by atoms with Crippen molar-refractivity contribution in [1.29, 1.82) is 0 Å². The van der Waals surface area contributed by atoms with E-state index in [1.165, 1.54) is 116 Å². The van der Waals surface area contributed by atoms with E-state index in [4.69, 9.17) is 4.42 Å². The van der Waals surface area contributed by atoms with Crippen LogP contribution < -0.4 is 0 Å². The Morgan fingerprint density at radius 2 is 0.694 bits per heavy atom. The van der Waals surface area contributed by atoms with Gasteiger partial charge in [0, 0.05) is 65.6 Å². The first-order valence-electron chi connectivity index (χ1n) is 29.5. The van der Waals surface area contributed by atoms with E-state index in [-0.39, 0.29) is 5.41 Å². The number of para-hydroxylation sites is 4. The molecule has 0 saturated carbocycles. The molecule has 17 aromatic rings. The lowest BCUT2D eigenvalue weighted by atomic mass is 9.82. The van der Waals surface area contributed by atoms with E-state index in [9.17, 15) is 0 Å². The zero-order valence-electron chi connectivity index (χ0n) is 46.9. The van der Waals surface area contributed by atoms with Gasteiger partial charge in [0.05, 0.1) is 33.1 Å². The molecular weight excluding hydrogens is 1030 g/mol. The van der Waals surface area contributed by atoms with Crippen LogP contribution in [0.15, 0.2) is 290 Å². The maximum Gasteiger partial charge on any atom is 0.160 e. The molecule has 0 spiro atoms. The molecule has 4 aromatic heterocycles. The van der Waals surface area contributed by atoms with Gasteiger partial charge in [0.25, 0.3) is 0 Å². The fraction of sp³-hybridized carbons (Fsp3) is 0.0370. The molecule has 1 aliphatic rings. The van der Waals surface area contributed by atoms with Crippen molar-refractivity contribution in [3.05, 3.63) is 296 Å². The number of hydrogen-bond acceptors (Lipinski definition) is 1. The molecule has 85 heavy (non-hydrogen) atoms. The van der Waals surface area contributed by atoms with Gasteiger partial charge in [0.15, 0.2) is 5.58 Å². The van der Waals surface area contributed by atoms with E-state index in [1.807, 2.05) is 0 Å². The summed E-state index contributed by atoms with van der Waals surface area (Å²) in [6.07, 6.45) is 0. The number of aromatic nitrogens is 3. The first-order chi connectivity index (χ1) is 41.9. The van der Waals surface area contributed by atoms with Gasteiger partial charge in [0.2, 0.25) is 0 Å². The summed E-state index contributed by atoms with van der Waals surface area (Å²) in [5.41, 5.74) is 26.7. The summed E-state index contributed by atoms with van der Waals surface area (Å²) in [6.45, 7) is 4.76. The number of furan rings is 1. The second-order valence-electron chi connectivity index (χ2n) is 23.6. The van der Waals surface area contributed by atoms with Gasteiger partial charge in [-0.1, -0.05) is 190 Å². The zero-order valence-corrected chi connectivity index (χ0v) is 46.9. The first-order valence-corrected chi connectivity index (χ1v) is 29.5. The highest BCUT2D eigenvalue weighted by molar-refractivity contribution is 6.23. The average molecular weight is 1080 g/mol. The summed E-state index contributed by atoms with van der Waals surface area (Å²) in [6, 6.07) is 105. The Morgan fingerprint density at radius 3 is 1.31 bits per heavy atom. The van der Waals surface area contributed by atoms with Gasteiger partial charge < -0.3 is 18.1 Å². The third-order valence-corrected chi connectivity index (χ3v) is 18.6. The van der Waals surface area contributed by atoms with Gasteiger partial charge >= 0.3 is 0 Å². The van der Waals surface area contributed by atoms with Crippen molar-refractivity contribution in [3.8, 4) is 72.7 Å². The van der Waals surface area contributed by atoms with E-state index in [0.29, 0.717) is 0 Å². The largest absolute Gasteiger partial charge is 0.454 e. The molecule has 0 unspecified atom stereocenters. The van der Waals surface area contributed by atoms with E-state index in [1.54, 1.807) is 0 Å². The van der Waals surface area contributed by atoms with Crippen LogP contribution >= 0.6 is 0 Å². The summed E-state index contributed by atoms with van der Waals surface area (Å²) in [5, 5.41) is 9.49. The molecule has 0 saturated heterocycles. The monoisotopic (exact) mass is 1080 g/mol. The van der Waals surface area contributed by atoms with Crippen molar-refractivity contribution in [1.82, 2.24) is 13.7 Å². The summed E-state index contributed by atoms with van der Waals surface area (Å²) in [4.78, 5) is 0. The van der Waals surface area contributed by atoms with Crippen LogP contribution in [0, 0.1) is 0 Å². The number of hydrogen-bond donors (Lipinski definition) is 0. The predicted molar refractivity (Wildman–Crippen MR) is 356 cm³/mol. The third-order valence-electron chi connectivity index (χ3n) is 18.6. The predicted octanol–water partition coefficient (Wildman–Crippen LogP) is 21.9. The molecule has 0 radical (unpaired) electrons. The van der Waals surface area contributed by atoms with Crippen molar-refractivity contribution in [2.24, 2.45) is 0 Å². The molecule has 4 heterocycles. The van der Waals surface area contributed by atoms with Crippen LogP contribution in [0.4, 0.5) is 0 Å². The molecule has 398 valence electrons. The Labute approximate surface area is 490 Å². The topological polar surface area (TPSA) is 27.9 Å². The summed E-state index contributed by atoms with van der Waals surface area (Å²) < 4.78 is 14.1. The molecular formula is C81H53N3O. The van der Waals surface area contributed by atoms with Crippen LogP contribution in [0.2, 0.25) is 0 Å². The standard InChI is InChI=1S/C81H53N3O/c1-81(2)71-37-31-52(54-34-40-75-67(46-54)63-35-36-64-62-28-16-18-30-78(62)85-80(64)79(63)84(75)59-25-13-6-14-26-59)44-65(71)66-45-53(32-38-72(66)81)55-33-39-74-68(47-55)70-49-76-69(61-27-15-17-29-73(61)82(76)58-23-11-5-12-24-58)48-77(70)83(74)60-42-56(50-19-7-3-8-20-50)41-57(43-60)51-21-9-4-10-22-51/h3-49H,1-2H3. The Bertz CT molecular complexity index is 5540. The van der Waals surface area contributed by atoms with Crippen molar-refractivity contribution >= 4 is 87.4 Å². The maximum atomic E-state index is 6.73. The number of rotatable bonds is 7. The zero-order chi connectivity index (χ0) is 56.1. The summed E-state index contributed by atoms with van der Waals surface area (Å²) in [7, 11) is 0. The molecule has 0 atom stereocenters. The molecule has 18 rings (SSSR count). The van der Waals surface area contributed by atoms with Crippen molar-refractivity contribution in [2.45, 2.75) is 19.3 Å². The Morgan fingerprint density at radius 1 is 0.259 bits per heavy atom. The smallest absolute Gasteiger partial charge is 0.160 e. The normalized spacial score (nSPS) is 12.9. The van der Waals surface area contributed by atoms with E-state index in [2.05, 4.69) is 313 Å². The SMILES string of the molecule is CC1(C)c2ccc(-c3ccc4c(c3)c3cc5c(cc3n4-c3cc(-c4ccccc4)cc(-c4ccccc4)c3)c3ccccc3n5-c3ccccc3)cc2-c2cc(-c3ccc4c(c3)c3ccc5c6ccccc6oc5c3n4-c3ccccc3)ccc21. The Kier molecular flexibility index (Phi) is 10.1. The molecule has 0 aliphatic heterocycles. The first kappa shape index (κ1) is 47.7. The summed E-state index contributed by atoms with van der Waals surface area (Å²) in [5.74, 6) is 0. The van der Waals surface area contributed by atoms with Crippen molar-refractivity contribution in [2.75, 3.05) is 0 Å². The second-order valence-corrected chi connectivity index (χ2v) is 23.6. The minimum absolute atomic E-state index is 0.181. The number of benzene rings is 13. The van der Waals surface area contributed by atoms with Gasteiger partial charge in [-0.05, 0) is 176 Å². The van der Waals surface area contributed by atoms with E-state index in [0.717, 1.165) is 55.6 Å². The van der Waals surface area contributed by atoms with Crippen LogP contribution in [-0.2, 0) is 5.41 Å². The van der Waals surface area contributed by atoms with E-state index < -0.39 is 0 Å². The fourth-order valence-electron chi connectivity index (χ4n) is 14.6. The fourth-order valence-corrected chi connectivity index (χ4v) is 14.6. The maximum absolute atomic E-state index is 6.73. The van der Waals surface area contributed by atoms with Gasteiger partial charge in [-0.2, -0.15) is 0 Å². The van der Waals surface area contributed by atoms with Gasteiger partial charge in [-0.15, -0.1) is 0 Å². The highest BCUT2D eigenvalue weighted by atomic mass is 16.3. The van der Waals surface area contributed by atoms with Crippen LogP contribution in [0.3, 0.4) is 0 Å². The third kappa shape index (κ3) is 7.09. The molecule has 0 bridgehead atoms. The quantitative estimate of drug-likeness (QED) is 0.156. The minimum Gasteiger partial charge on any atom is -0.454 e. The van der Waals surface area contributed by atoms with E-state index >= 15 is 0 Å². The lowest BCUT2D eigenvalue weighted by Gasteiger charge is -2.21. The molecule has 0 amide bonds. The molecule has 0 fully saturated rings. The number of nitrogens with zero attached hydrogens (tertiary/aromatic N) is 3. The summed E-state index contributed by atoms with van der Waals surface area (Å²) >= 11 is 0. The van der Waals surface area contributed by atoms with Crippen molar-refractivity contribution in [3.63, 3.8) is 0 Å². The Hall–Kier alpha value is -10.9. The molecule has 0 N–H and O–H groups in total. The van der Waals surface area contributed by atoms with Crippen LogP contribution in [0.25, 0.3) is 160 Å². The Balaban J connectivity index is 0.819. The van der Waals surface area contributed by atoms with Gasteiger partial charge in [-0.25, -0.2) is 0 Å². The lowest BCUT2D eigenvalue weighted by molar-refractivity contribution is 0.660. The molecule has 4 nitrogen and oxygen atoms in total. The molecule has 4 heteroatoms. The average Bonchev–Trinajstić information content (AvgIpc) is 1.83. The molecule has 13 aromatic carbocycles. The lowest BCUT2D eigenvalue weighted by Crippen LogP contribution is -2.14. The van der Waals surface area contributed by atoms with Gasteiger partial charge in [-0.3, -0.25) is 0 Å². The van der Waals surface area contributed by atoms with Crippen molar-refractivity contribution < 1.29 is 4.42 Å². The van der Waals surface area contributed by atoms with Crippen LogP contribution in [0.1, 0.15) is 25.0 Å². The minimum atomic E-state index is -0.181. The highest BCUT2D eigenvalue weighted by Gasteiger charge is 2.36. The number of fused-ring (bicyclic) bond motifs is 16.